The van der Waals surface area contributed by atoms with Gasteiger partial charge in [-0.3, -0.25) is 0 Å². The molecule has 0 amide bonds. The first-order chi connectivity index (χ1) is 40.8. The molecule has 6 heteroatoms. The molecule has 0 atom stereocenters. The summed E-state index contributed by atoms with van der Waals surface area (Å²) in [6, 6.07) is 84.6. The maximum absolute atomic E-state index is 2.69. The first-order valence-electron chi connectivity index (χ1n) is 30.1. The molecule has 0 bridgehead atoms. The van der Waals surface area contributed by atoms with Crippen LogP contribution in [0.4, 0.5) is 49.8 Å². The Morgan fingerprint density at radius 2 is 0.798 bits per heavy atom. The van der Waals surface area contributed by atoms with Crippen LogP contribution in [0.3, 0.4) is 0 Å². The number of para-hydroxylation sites is 2. The Morgan fingerprint density at radius 3 is 1.29 bits per heavy atom. The molecule has 1 spiro atoms. The molecule has 0 radical (unpaired) electrons. The average Bonchev–Trinajstić information content (AvgIpc) is 1.47. The zero-order valence-corrected chi connectivity index (χ0v) is 53.1. The quantitative estimate of drug-likeness (QED) is 0.107. The summed E-state index contributed by atoms with van der Waals surface area (Å²) in [5, 5.41) is 5.15. The van der Waals surface area contributed by atoms with Crippen molar-refractivity contribution in [1.82, 2.24) is 0 Å². The fourth-order valence-corrected chi connectivity index (χ4v) is 18.4. The van der Waals surface area contributed by atoms with Gasteiger partial charge in [0.1, 0.15) is 0 Å². The van der Waals surface area contributed by atoms with Crippen LogP contribution in [-0.2, 0) is 5.41 Å². The Labute approximate surface area is 510 Å². The number of hydrogen-bond donors (Lipinski definition) is 0. The molecular formula is C78H71N3S2Se. The Hall–Kier alpha value is -7.70. The molecule has 0 N–H and O–H groups in total. The minimum atomic E-state index is -0.718. The van der Waals surface area contributed by atoms with Gasteiger partial charge in [-0.25, -0.2) is 0 Å². The van der Waals surface area contributed by atoms with Gasteiger partial charge in [0.15, 0.2) is 0 Å². The summed E-state index contributed by atoms with van der Waals surface area (Å²) in [7, 11) is 0. The van der Waals surface area contributed by atoms with Crippen LogP contribution in [0.2, 0.25) is 0 Å². The fourth-order valence-electron chi connectivity index (χ4n) is 13.1. The summed E-state index contributed by atoms with van der Waals surface area (Å²) >= 11 is 3.91. The topological polar surface area (TPSA) is 9.72 Å². The average molecular weight is 1190 g/mol. The van der Waals surface area contributed by atoms with Crippen molar-refractivity contribution in [3.8, 4) is 20.9 Å². The standard InChI is InChI=1S/C78H71N3S2Se/c1-47(2)52-21-23-56(24-22-52)58-31-40-66-70(44-58)81(63-37-29-55(30-38-63)50(7)8)74-67(41-39-64-65-43-57(51(9)10)32-42-71(65)84-77(64)74)78(66)68-45-72(79(59-17-13-11-14-18-59)61-33-25-53(26-34-61)48(3)4)82-75(68)76-69(78)46-73(83-76)80(60-19-15-12-16-20-60)62-35-27-54(28-36-62)49(5)6/h11-51H,1-10H3. The molecule has 3 nitrogen and oxygen atoms in total. The zero-order chi connectivity index (χ0) is 57.7. The van der Waals surface area contributed by atoms with E-state index in [0.29, 0.717) is 29.6 Å². The molecule has 2 aliphatic rings. The summed E-state index contributed by atoms with van der Waals surface area (Å²) in [5.41, 5.74) is 22.1. The SMILES string of the molecule is CC(C)c1ccc(-c2ccc3c(c2)N(c2ccc(C(C)C)cc2)c2c(ccc4c2[se]c2ccc(C(C)C)cc24)C32c3cc(N(c4ccccc4)c4ccc(C(C)C)cc4)sc3-c3sc(N(c4ccccc4)c4ccc(C(C)C)cc4)cc32)cc1. The van der Waals surface area contributed by atoms with Crippen LogP contribution in [-0.4, -0.2) is 14.5 Å². The van der Waals surface area contributed by atoms with Crippen molar-refractivity contribution in [3.05, 3.63) is 268 Å². The second-order valence-corrected chi connectivity index (χ2v) is 28.9. The van der Waals surface area contributed by atoms with Gasteiger partial charge in [0.25, 0.3) is 0 Å². The molecule has 84 heavy (non-hydrogen) atoms. The van der Waals surface area contributed by atoms with E-state index in [1.807, 2.05) is 22.7 Å². The van der Waals surface area contributed by atoms with Gasteiger partial charge in [0.05, 0.1) is 0 Å². The third kappa shape index (κ3) is 8.94. The number of benzene rings is 9. The van der Waals surface area contributed by atoms with Gasteiger partial charge >= 0.3 is 475 Å². The second-order valence-electron chi connectivity index (χ2n) is 24.7. The van der Waals surface area contributed by atoms with E-state index >= 15 is 0 Å². The number of anilines is 9. The number of fused-ring (bicyclic) bond motifs is 13. The molecule has 4 heterocycles. The molecule has 9 aromatic carbocycles. The van der Waals surface area contributed by atoms with Crippen molar-refractivity contribution in [3.63, 3.8) is 0 Å². The van der Waals surface area contributed by atoms with Gasteiger partial charge in [0.2, 0.25) is 0 Å². The van der Waals surface area contributed by atoms with E-state index in [1.165, 1.54) is 117 Å². The molecule has 416 valence electrons. The molecule has 1 aliphatic heterocycles. The van der Waals surface area contributed by atoms with Crippen LogP contribution in [0.15, 0.2) is 218 Å². The Balaban J connectivity index is 1.12. The fraction of sp³-hybridized carbons (Fsp3) is 0.205. The summed E-state index contributed by atoms with van der Waals surface area (Å²) in [6.45, 7) is 23.0. The predicted molar refractivity (Wildman–Crippen MR) is 365 cm³/mol. The van der Waals surface area contributed by atoms with Crippen molar-refractivity contribution in [2.24, 2.45) is 0 Å². The Kier molecular flexibility index (Phi) is 13.8. The molecule has 12 aromatic rings. The van der Waals surface area contributed by atoms with Crippen LogP contribution >= 0.6 is 22.7 Å². The van der Waals surface area contributed by atoms with E-state index < -0.39 is 5.41 Å². The first-order valence-corrected chi connectivity index (χ1v) is 33.4. The summed E-state index contributed by atoms with van der Waals surface area (Å²) in [5.74, 6) is 2.13. The summed E-state index contributed by atoms with van der Waals surface area (Å²) in [6.07, 6.45) is 0. The van der Waals surface area contributed by atoms with Crippen LogP contribution in [0.1, 0.15) is 149 Å². The van der Waals surface area contributed by atoms with Crippen molar-refractivity contribution in [2.45, 2.75) is 104 Å². The van der Waals surface area contributed by atoms with Gasteiger partial charge in [0, 0.05) is 0 Å². The molecule has 0 fully saturated rings. The van der Waals surface area contributed by atoms with Gasteiger partial charge in [-0.1, -0.05) is 27.7 Å². The molecule has 0 saturated heterocycles. The van der Waals surface area contributed by atoms with Crippen molar-refractivity contribution in [1.29, 1.82) is 0 Å². The third-order valence-electron chi connectivity index (χ3n) is 17.9. The van der Waals surface area contributed by atoms with Crippen LogP contribution < -0.4 is 14.7 Å². The number of hydrogen-bond acceptors (Lipinski definition) is 5. The second kappa shape index (κ2) is 21.4. The van der Waals surface area contributed by atoms with E-state index in [0.717, 1.165) is 22.7 Å². The number of nitrogens with zero attached hydrogens (tertiary/aromatic N) is 3. The van der Waals surface area contributed by atoms with E-state index in [1.54, 1.807) is 0 Å². The van der Waals surface area contributed by atoms with Crippen LogP contribution in [0, 0.1) is 0 Å². The molecule has 1 aliphatic carbocycles. The Morgan fingerprint density at radius 1 is 0.369 bits per heavy atom. The van der Waals surface area contributed by atoms with E-state index in [2.05, 4.69) is 302 Å². The third-order valence-corrected chi connectivity index (χ3v) is 22.8. The van der Waals surface area contributed by atoms with Crippen molar-refractivity contribution in [2.75, 3.05) is 14.7 Å². The Bertz CT molecular complexity index is 4250. The summed E-state index contributed by atoms with van der Waals surface area (Å²) in [4.78, 5) is 10.4. The first kappa shape index (κ1) is 54.3. The summed E-state index contributed by atoms with van der Waals surface area (Å²) < 4.78 is 2.91. The molecule has 0 saturated carbocycles. The van der Waals surface area contributed by atoms with Gasteiger partial charge < -0.3 is 0 Å². The van der Waals surface area contributed by atoms with Gasteiger partial charge in [-0.2, -0.15) is 0 Å². The number of rotatable bonds is 13. The molecule has 14 rings (SSSR count). The van der Waals surface area contributed by atoms with Crippen molar-refractivity contribution < 1.29 is 0 Å². The van der Waals surface area contributed by atoms with E-state index in [4.69, 9.17) is 0 Å². The molecular weight excluding hydrogens is 1120 g/mol. The van der Waals surface area contributed by atoms with E-state index in [-0.39, 0.29) is 14.5 Å². The minimum absolute atomic E-state index is 0.0208. The van der Waals surface area contributed by atoms with Crippen LogP contribution in [0.5, 0.6) is 0 Å². The monoisotopic (exact) mass is 1190 g/mol. The van der Waals surface area contributed by atoms with Crippen molar-refractivity contribution >= 4 is 106 Å². The predicted octanol–water partition coefficient (Wildman–Crippen LogP) is 23.5. The molecule has 0 unspecified atom stereocenters. The molecule has 3 aromatic heterocycles. The van der Waals surface area contributed by atoms with E-state index in [9.17, 15) is 0 Å². The maximum atomic E-state index is 2.69. The zero-order valence-electron chi connectivity index (χ0n) is 49.7. The van der Waals surface area contributed by atoms with Gasteiger partial charge in [-0.15, -0.1) is 0 Å². The normalized spacial score (nSPS) is 13.2. The number of thiophene rings is 2. The van der Waals surface area contributed by atoms with Crippen LogP contribution in [0.25, 0.3) is 40.2 Å². The van der Waals surface area contributed by atoms with Gasteiger partial charge in [-0.05, 0) is 11.8 Å².